The number of hydrogen-bond donors (Lipinski definition) is 2. The molecule has 18 heavy (non-hydrogen) atoms. The van der Waals surface area contributed by atoms with Gasteiger partial charge in [-0.25, -0.2) is 0 Å². The number of nitrogens with zero attached hydrogens (tertiary/aromatic N) is 1. The van der Waals surface area contributed by atoms with E-state index in [-0.39, 0.29) is 11.5 Å². The minimum absolute atomic E-state index is 0.0844. The van der Waals surface area contributed by atoms with E-state index < -0.39 is 0 Å². The Morgan fingerprint density at radius 1 is 1.39 bits per heavy atom. The molecule has 2 rings (SSSR count). The van der Waals surface area contributed by atoms with Crippen molar-refractivity contribution in [3.63, 3.8) is 0 Å². The molecule has 0 radical (unpaired) electrons. The van der Waals surface area contributed by atoms with E-state index >= 15 is 0 Å². The number of amides is 1. The molecule has 5 heteroatoms. The predicted molar refractivity (Wildman–Crippen MR) is 69.4 cm³/mol. The standard InChI is InChI=1S/C13H19N3O2/c14-7-4-10-5-8-16(9-6-10)13(18)11-2-1-3-12(17)15-11/h1-3,10H,4-9,14H2,(H,15,17). The van der Waals surface area contributed by atoms with Gasteiger partial charge in [0.15, 0.2) is 0 Å². The molecule has 1 aromatic heterocycles. The van der Waals surface area contributed by atoms with Crippen molar-refractivity contribution >= 4 is 5.91 Å². The van der Waals surface area contributed by atoms with Crippen LogP contribution in [0.4, 0.5) is 0 Å². The Balaban J connectivity index is 1.97. The summed E-state index contributed by atoms with van der Waals surface area (Å²) in [6.45, 7) is 2.21. The van der Waals surface area contributed by atoms with E-state index in [1.807, 2.05) is 0 Å². The predicted octanol–water partition coefficient (Wildman–Crippen LogP) is 0.576. The van der Waals surface area contributed by atoms with Crippen LogP contribution in [0, 0.1) is 5.92 Å². The number of pyridine rings is 1. The number of carbonyl (C=O) groups excluding carboxylic acids is 1. The van der Waals surface area contributed by atoms with Crippen molar-refractivity contribution < 1.29 is 4.79 Å². The van der Waals surface area contributed by atoms with Gasteiger partial charge in [-0.2, -0.15) is 0 Å². The first-order valence-corrected chi connectivity index (χ1v) is 6.39. The molecule has 3 N–H and O–H groups in total. The molecule has 0 saturated carbocycles. The van der Waals surface area contributed by atoms with E-state index in [0.29, 0.717) is 18.2 Å². The van der Waals surface area contributed by atoms with Crippen LogP contribution in [0.3, 0.4) is 0 Å². The summed E-state index contributed by atoms with van der Waals surface area (Å²) in [6.07, 6.45) is 3.03. The lowest BCUT2D eigenvalue weighted by atomic mass is 9.93. The first-order valence-electron chi connectivity index (χ1n) is 6.39. The number of hydrogen-bond acceptors (Lipinski definition) is 3. The Hall–Kier alpha value is -1.62. The quantitative estimate of drug-likeness (QED) is 0.822. The third kappa shape index (κ3) is 2.98. The van der Waals surface area contributed by atoms with Crippen molar-refractivity contribution in [3.8, 4) is 0 Å². The largest absolute Gasteiger partial charge is 0.337 e. The van der Waals surface area contributed by atoms with Crippen LogP contribution in [-0.2, 0) is 0 Å². The fourth-order valence-corrected chi connectivity index (χ4v) is 2.40. The number of piperidine rings is 1. The fraction of sp³-hybridized carbons (Fsp3) is 0.538. The highest BCUT2D eigenvalue weighted by molar-refractivity contribution is 5.92. The molecular weight excluding hydrogens is 230 g/mol. The molecule has 98 valence electrons. The maximum absolute atomic E-state index is 12.1. The summed E-state index contributed by atoms with van der Waals surface area (Å²) < 4.78 is 0. The summed E-state index contributed by atoms with van der Waals surface area (Å²) in [4.78, 5) is 27.7. The van der Waals surface area contributed by atoms with Gasteiger partial charge in [0, 0.05) is 19.2 Å². The zero-order valence-corrected chi connectivity index (χ0v) is 10.4. The summed E-state index contributed by atoms with van der Waals surface area (Å²) in [5.74, 6) is 0.549. The van der Waals surface area contributed by atoms with Crippen LogP contribution < -0.4 is 11.3 Å². The topological polar surface area (TPSA) is 79.2 Å². The average Bonchev–Trinajstić information content (AvgIpc) is 2.39. The molecule has 1 aliphatic rings. The molecule has 0 atom stereocenters. The first kappa shape index (κ1) is 12.8. The van der Waals surface area contributed by atoms with Crippen LogP contribution in [0.15, 0.2) is 23.0 Å². The number of aromatic nitrogens is 1. The van der Waals surface area contributed by atoms with Crippen LogP contribution in [0.25, 0.3) is 0 Å². The van der Waals surface area contributed by atoms with Crippen LogP contribution in [0.1, 0.15) is 29.8 Å². The number of nitrogens with two attached hydrogens (primary N) is 1. The second-order valence-electron chi connectivity index (χ2n) is 4.74. The zero-order chi connectivity index (χ0) is 13.0. The minimum Gasteiger partial charge on any atom is -0.337 e. The second-order valence-corrected chi connectivity index (χ2v) is 4.74. The smallest absolute Gasteiger partial charge is 0.270 e. The van der Waals surface area contributed by atoms with Crippen molar-refractivity contribution in [2.24, 2.45) is 11.7 Å². The summed E-state index contributed by atoms with van der Waals surface area (Å²) in [6, 6.07) is 4.66. The van der Waals surface area contributed by atoms with Crippen molar-refractivity contribution in [1.82, 2.24) is 9.88 Å². The summed E-state index contributed by atoms with van der Waals surface area (Å²) in [5, 5.41) is 0. The third-order valence-corrected chi connectivity index (χ3v) is 3.48. The molecule has 1 amide bonds. The van der Waals surface area contributed by atoms with Gasteiger partial charge in [0.25, 0.3) is 5.91 Å². The highest BCUT2D eigenvalue weighted by Gasteiger charge is 2.23. The molecular formula is C13H19N3O2. The Labute approximate surface area is 106 Å². The lowest BCUT2D eigenvalue weighted by Crippen LogP contribution is -2.39. The van der Waals surface area contributed by atoms with E-state index in [1.165, 1.54) is 6.07 Å². The van der Waals surface area contributed by atoms with Crippen LogP contribution in [0.5, 0.6) is 0 Å². The Morgan fingerprint density at radius 3 is 2.72 bits per heavy atom. The van der Waals surface area contributed by atoms with Crippen molar-refractivity contribution in [2.75, 3.05) is 19.6 Å². The van der Waals surface area contributed by atoms with Gasteiger partial charge >= 0.3 is 0 Å². The van der Waals surface area contributed by atoms with E-state index in [1.54, 1.807) is 17.0 Å². The van der Waals surface area contributed by atoms with Crippen LogP contribution in [0.2, 0.25) is 0 Å². The highest BCUT2D eigenvalue weighted by Crippen LogP contribution is 2.20. The number of nitrogens with one attached hydrogen (secondary N) is 1. The van der Waals surface area contributed by atoms with E-state index in [9.17, 15) is 9.59 Å². The average molecular weight is 249 g/mol. The Kier molecular flexibility index (Phi) is 4.15. The minimum atomic E-state index is -0.237. The molecule has 0 aliphatic carbocycles. The van der Waals surface area contributed by atoms with Gasteiger partial charge in [0.2, 0.25) is 5.56 Å². The number of likely N-dealkylation sites (tertiary alicyclic amines) is 1. The van der Waals surface area contributed by atoms with Crippen LogP contribution in [-0.4, -0.2) is 35.4 Å². The SMILES string of the molecule is NCCC1CCN(C(=O)c2cccc(=O)[nH]2)CC1. The van der Waals surface area contributed by atoms with Crippen molar-refractivity contribution in [3.05, 3.63) is 34.2 Å². The Morgan fingerprint density at radius 2 is 2.11 bits per heavy atom. The number of carbonyl (C=O) groups is 1. The maximum atomic E-state index is 12.1. The molecule has 0 aromatic carbocycles. The number of aromatic amines is 1. The highest BCUT2D eigenvalue weighted by atomic mass is 16.2. The van der Waals surface area contributed by atoms with Gasteiger partial charge in [-0.15, -0.1) is 0 Å². The van der Waals surface area contributed by atoms with E-state index in [2.05, 4.69) is 4.98 Å². The molecule has 1 aromatic rings. The lowest BCUT2D eigenvalue weighted by molar-refractivity contribution is 0.0681. The van der Waals surface area contributed by atoms with Crippen molar-refractivity contribution in [2.45, 2.75) is 19.3 Å². The summed E-state index contributed by atoms with van der Waals surface area (Å²) >= 11 is 0. The molecule has 5 nitrogen and oxygen atoms in total. The molecule has 0 bridgehead atoms. The van der Waals surface area contributed by atoms with Gasteiger partial charge in [0.05, 0.1) is 0 Å². The molecule has 1 saturated heterocycles. The summed E-state index contributed by atoms with van der Waals surface area (Å²) in [7, 11) is 0. The lowest BCUT2D eigenvalue weighted by Gasteiger charge is -2.31. The van der Waals surface area contributed by atoms with Gasteiger partial charge in [0.1, 0.15) is 5.69 Å². The van der Waals surface area contributed by atoms with Gasteiger partial charge in [-0.1, -0.05) is 6.07 Å². The summed E-state index contributed by atoms with van der Waals surface area (Å²) in [5.41, 5.74) is 5.68. The zero-order valence-electron chi connectivity index (χ0n) is 10.4. The van der Waals surface area contributed by atoms with Gasteiger partial charge in [-0.05, 0) is 37.8 Å². The fourth-order valence-electron chi connectivity index (χ4n) is 2.40. The molecule has 0 unspecified atom stereocenters. The van der Waals surface area contributed by atoms with Crippen molar-refractivity contribution in [1.29, 1.82) is 0 Å². The molecule has 1 fully saturated rings. The second kappa shape index (κ2) is 5.82. The first-order chi connectivity index (χ1) is 8.70. The number of H-pyrrole nitrogens is 1. The Bertz CT molecular complexity index is 461. The monoisotopic (exact) mass is 249 g/mol. The normalized spacial score (nSPS) is 16.8. The molecule has 2 heterocycles. The maximum Gasteiger partial charge on any atom is 0.270 e. The number of rotatable bonds is 3. The van der Waals surface area contributed by atoms with E-state index in [4.69, 9.17) is 5.73 Å². The molecule has 1 aliphatic heterocycles. The third-order valence-electron chi connectivity index (χ3n) is 3.48. The van der Waals surface area contributed by atoms with Gasteiger partial charge in [-0.3, -0.25) is 9.59 Å². The van der Waals surface area contributed by atoms with Gasteiger partial charge < -0.3 is 15.6 Å². The van der Waals surface area contributed by atoms with Crippen LogP contribution >= 0.6 is 0 Å². The molecule has 0 spiro atoms. The van der Waals surface area contributed by atoms with E-state index in [0.717, 1.165) is 32.4 Å².